The van der Waals surface area contributed by atoms with Gasteiger partial charge in [-0.05, 0) is 44.2 Å². The van der Waals surface area contributed by atoms with Crippen LogP contribution in [-0.2, 0) is 13.2 Å². The number of nitrogens with one attached hydrogen (secondary N) is 1. The fourth-order valence-electron chi connectivity index (χ4n) is 3.94. The SMILES string of the molecule is Cc1nc2sccn2c1CN1CC[C@@H](c2cc(COc3cccc(Cl)c3)[nH]n2)C1. The normalized spacial score (nSPS) is 17.4. The Morgan fingerprint density at radius 2 is 2.28 bits per heavy atom. The van der Waals surface area contributed by atoms with E-state index in [0.29, 0.717) is 17.5 Å². The zero-order valence-electron chi connectivity index (χ0n) is 16.1. The molecule has 1 fully saturated rings. The van der Waals surface area contributed by atoms with Crippen molar-refractivity contribution in [1.82, 2.24) is 24.5 Å². The lowest BCUT2D eigenvalue weighted by Crippen LogP contribution is -2.21. The van der Waals surface area contributed by atoms with Crippen LogP contribution in [-0.4, -0.2) is 37.6 Å². The van der Waals surface area contributed by atoms with Crippen molar-refractivity contribution >= 4 is 27.9 Å². The highest BCUT2D eigenvalue weighted by atomic mass is 35.5. The van der Waals surface area contributed by atoms with E-state index in [2.05, 4.69) is 49.0 Å². The van der Waals surface area contributed by atoms with Crippen LogP contribution in [0, 0.1) is 6.92 Å². The first-order valence-corrected chi connectivity index (χ1v) is 11.0. The molecule has 1 atom stereocenters. The number of imidazole rings is 1. The monoisotopic (exact) mass is 427 g/mol. The molecule has 150 valence electrons. The van der Waals surface area contributed by atoms with E-state index in [1.807, 2.05) is 24.3 Å². The number of H-pyrrole nitrogens is 1. The minimum atomic E-state index is 0.442. The molecule has 1 N–H and O–H groups in total. The molecule has 3 aromatic heterocycles. The molecule has 1 aromatic carbocycles. The van der Waals surface area contributed by atoms with Gasteiger partial charge in [0.15, 0.2) is 4.96 Å². The average Bonchev–Trinajstić information content (AvgIpc) is 3.47. The van der Waals surface area contributed by atoms with E-state index < -0.39 is 0 Å². The van der Waals surface area contributed by atoms with Crippen LogP contribution in [0.3, 0.4) is 0 Å². The number of hydrogen-bond acceptors (Lipinski definition) is 5. The van der Waals surface area contributed by atoms with Gasteiger partial charge in [0.1, 0.15) is 12.4 Å². The number of thiazole rings is 1. The molecule has 5 rings (SSSR count). The van der Waals surface area contributed by atoms with Crippen LogP contribution in [0.5, 0.6) is 5.75 Å². The zero-order valence-corrected chi connectivity index (χ0v) is 17.7. The molecular formula is C21H22ClN5OS. The molecule has 1 saturated heterocycles. The number of aromatic amines is 1. The fraction of sp³-hybridized carbons (Fsp3) is 0.333. The summed E-state index contributed by atoms with van der Waals surface area (Å²) in [4.78, 5) is 8.23. The van der Waals surface area contributed by atoms with Crippen molar-refractivity contribution in [2.45, 2.75) is 32.4 Å². The van der Waals surface area contributed by atoms with Crippen molar-refractivity contribution in [3.8, 4) is 5.75 Å². The van der Waals surface area contributed by atoms with Crippen molar-refractivity contribution < 1.29 is 4.74 Å². The van der Waals surface area contributed by atoms with Gasteiger partial charge in [-0.1, -0.05) is 17.7 Å². The Morgan fingerprint density at radius 3 is 3.17 bits per heavy atom. The number of halogens is 1. The Morgan fingerprint density at radius 1 is 1.34 bits per heavy atom. The highest BCUT2D eigenvalue weighted by Crippen LogP contribution is 2.29. The Balaban J connectivity index is 1.20. The molecule has 1 aliphatic rings. The largest absolute Gasteiger partial charge is 0.487 e. The number of fused-ring (bicyclic) bond motifs is 1. The smallest absolute Gasteiger partial charge is 0.194 e. The first-order chi connectivity index (χ1) is 14.2. The van der Waals surface area contributed by atoms with E-state index in [0.717, 1.165) is 53.8 Å². The second kappa shape index (κ2) is 7.82. The Kier molecular flexibility index (Phi) is 5.03. The molecule has 4 aromatic rings. The molecular weight excluding hydrogens is 406 g/mol. The van der Waals surface area contributed by atoms with Crippen LogP contribution in [0.25, 0.3) is 4.96 Å². The molecule has 0 unspecified atom stereocenters. The van der Waals surface area contributed by atoms with E-state index >= 15 is 0 Å². The molecule has 4 heterocycles. The number of ether oxygens (including phenoxy) is 1. The van der Waals surface area contributed by atoms with Crippen LogP contribution in [0.4, 0.5) is 0 Å². The summed E-state index contributed by atoms with van der Waals surface area (Å²) in [5.41, 5.74) is 4.51. The number of aromatic nitrogens is 4. The number of rotatable bonds is 6. The standard InChI is InChI=1S/C21H22ClN5OS/c1-14-20(27-7-8-29-21(27)23-14)12-26-6-5-15(11-26)19-10-17(24-25-19)13-28-18-4-2-3-16(22)9-18/h2-4,7-10,15H,5-6,11-13H2,1H3,(H,24,25)/t15-/m1/s1. The molecule has 0 amide bonds. The summed E-state index contributed by atoms with van der Waals surface area (Å²) >= 11 is 7.69. The quantitative estimate of drug-likeness (QED) is 0.486. The maximum atomic E-state index is 6.01. The van der Waals surface area contributed by atoms with Gasteiger partial charge in [-0.25, -0.2) is 4.98 Å². The second-order valence-electron chi connectivity index (χ2n) is 7.48. The van der Waals surface area contributed by atoms with Crippen LogP contribution < -0.4 is 4.74 Å². The van der Waals surface area contributed by atoms with Crippen molar-refractivity contribution in [1.29, 1.82) is 0 Å². The van der Waals surface area contributed by atoms with E-state index in [1.54, 1.807) is 11.3 Å². The molecule has 0 aliphatic carbocycles. The lowest BCUT2D eigenvalue weighted by atomic mass is 10.1. The summed E-state index contributed by atoms with van der Waals surface area (Å²) in [6.45, 7) is 5.56. The first-order valence-electron chi connectivity index (χ1n) is 9.71. The van der Waals surface area contributed by atoms with Crippen LogP contribution >= 0.6 is 22.9 Å². The third kappa shape index (κ3) is 3.90. The Hall–Kier alpha value is -2.35. The van der Waals surface area contributed by atoms with Crippen molar-refractivity contribution in [3.63, 3.8) is 0 Å². The molecule has 0 saturated carbocycles. The molecule has 0 spiro atoms. The highest BCUT2D eigenvalue weighted by molar-refractivity contribution is 7.15. The number of benzene rings is 1. The highest BCUT2D eigenvalue weighted by Gasteiger charge is 2.27. The van der Waals surface area contributed by atoms with Gasteiger partial charge in [0.05, 0.1) is 22.8 Å². The van der Waals surface area contributed by atoms with Gasteiger partial charge in [-0.15, -0.1) is 11.3 Å². The Bertz CT molecular complexity index is 1130. The topological polar surface area (TPSA) is 58.5 Å². The summed E-state index contributed by atoms with van der Waals surface area (Å²) in [5, 5.41) is 10.4. The van der Waals surface area contributed by atoms with Gasteiger partial charge in [0.25, 0.3) is 0 Å². The lowest BCUT2D eigenvalue weighted by Gasteiger charge is -2.15. The lowest BCUT2D eigenvalue weighted by molar-refractivity contribution is 0.301. The molecule has 6 nitrogen and oxygen atoms in total. The third-order valence-corrected chi connectivity index (χ3v) is 6.46. The van der Waals surface area contributed by atoms with Crippen molar-refractivity contribution in [2.24, 2.45) is 0 Å². The predicted molar refractivity (Wildman–Crippen MR) is 115 cm³/mol. The summed E-state index contributed by atoms with van der Waals surface area (Å²) in [6.07, 6.45) is 3.23. The number of nitrogens with zero attached hydrogens (tertiary/aromatic N) is 4. The maximum absolute atomic E-state index is 6.01. The van der Waals surface area contributed by atoms with Crippen molar-refractivity contribution in [2.75, 3.05) is 13.1 Å². The van der Waals surface area contributed by atoms with Crippen LogP contribution in [0.15, 0.2) is 41.9 Å². The van der Waals surface area contributed by atoms with Crippen LogP contribution in [0.1, 0.15) is 35.1 Å². The molecule has 1 aliphatic heterocycles. The van der Waals surface area contributed by atoms with E-state index in [1.165, 1.54) is 5.69 Å². The number of aryl methyl sites for hydroxylation is 1. The van der Waals surface area contributed by atoms with E-state index in [9.17, 15) is 0 Å². The summed E-state index contributed by atoms with van der Waals surface area (Å²) in [6, 6.07) is 9.57. The molecule has 8 heteroatoms. The van der Waals surface area contributed by atoms with E-state index in [-0.39, 0.29) is 0 Å². The van der Waals surface area contributed by atoms with Gasteiger partial charge in [-0.3, -0.25) is 14.4 Å². The fourth-order valence-corrected chi connectivity index (χ4v) is 4.90. The second-order valence-corrected chi connectivity index (χ2v) is 8.79. The Labute approximate surface area is 178 Å². The summed E-state index contributed by atoms with van der Waals surface area (Å²) in [7, 11) is 0. The number of likely N-dealkylation sites (tertiary alicyclic amines) is 1. The minimum Gasteiger partial charge on any atom is -0.487 e. The molecule has 0 radical (unpaired) electrons. The third-order valence-electron chi connectivity index (χ3n) is 5.47. The van der Waals surface area contributed by atoms with Gasteiger partial charge in [0.2, 0.25) is 0 Å². The summed E-state index contributed by atoms with van der Waals surface area (Å²) in [5.74, 6) is 1.20. The van der Waals surface area contributed by atoms with E-state index in [4.69, 9.17) is 16.3 Å². The van der Waals surface area contributed by atoms with Gasteiger partial charge >= 0.3 is 0 Å². The first kappa shape index (κ1) is 18.7. The van der Waals surface area contributed by atoms with Gasteiger partial charge < -0.3 is 4.74 Å². The van der Waals surface area contributed by atoms with Crippen molar-refractivity contribution in [3.05, 3.63) is 69.7 Å². The molecule has 29 heavy (non-hydrogen) atoms. The maximum Gasteiger partial charge on any atom is 0.194 e. The zero-order chi connectivity index (χ0) is 19.8. The van der Waals surface area contributed by atoms with Gasteiger partial charge in [0, 0.05) is 35.6 Å². The van der Waals surface area contributed by atoms with Gasteiger partial charge in [-0.2, -0.15) is 5.10 Å². The minimum absolute atomic E-state index is 0.442. The molecule has 0 bridgehead atoms. The van der Waals surface area contributed by atoms with Crippen LogP contribution in [0.2, 0.25) is 5.02 Å². The average molecular weight is 428 g/mol. The number of hydrogen-bond donors (Lipinski definition) is 1. The summed E-state index contributed by atoms with van der Waals surface area (Å²) < 4.78 is 8.03. The predicted octanol–water partition coefficient (Wildman–Crippen LogP) is 4.65.